The van der Waals surface area contributed by atoms with Crippen LogP contribution in [-0.2, 0) is 21.3 Å². The summed E-state index contributed by atoms with van der Waals surface area (Å²) in [5, 5.41) is 3.79. The van der Waals surface area contributed by atoms with Crippen molar-refractivity contribution in [2.45, 2.75) is 58.4 Å². The molecule has 1 saturated heterocycles. The molecule has 0 radical (unpaired) electrons. The third-order valence-corrected chi connectivity index (χ3v) is 7.94. The number of halogens is 1. The highest BCUT2D eigenvalue weighted by molar-refractivity contribution is 6.30. The standard InChI is InChI=1S/C33H41ClN6O4/c1-21(2)43-19-28(41)37-30(27-18-35-20-38(27)6)26-16-22-8-7-11-36-29(22)31(24-10-9-23(34)17-25(24)26)39-12-14-40(15-13-39)32(42)44-33(3,4)5/h7-11,16-18,20-21,30-31H,12-15,19H2,1-6H3,(H,37,41). The molecule has 44 heavy (non-hydrogen) atoms. The SMILES string of the molecule is CC(C)OCC(=O)NC(C1=Cc2cccnc2C(N2CCN(C(=O)OC(C)(C)C)CC2)c2ccc(Cl)cc21)c1cncn1C. The van der Waals surface area contributed by atoms with Gasteiger partial charge in [0.1, 0.15) is 12.2 Å². The van der Waals surface area contributed by atoms with Gasteiger partial charge in [0.25, 0.3) is 0 Å². The molecule has 0 spiro atoms. The lowest BCUT2D eigenvalue weighted by Crippen LogP contribution is -2.51. The van der Waals surface area contributed by atoms with Crippen molar-refractivity contribution >= 4 is 35.3 Å². The summed E-state index contributed by atoms with van der Waals surface area (Å²) in [6, 6.07) is 9.11. The van der Waals surface area contributed by atoms with Crippen LogP contribution in [-0.4, -0.2) is 80.8 Å². The number of rotatable bonds is 7. The lowest BCUT2D eigenvalue weighted by atomic mass is 9.89. The van der Waals surface area contributed by atoms with Gasteiger partial charge in [-0.1, -0.05) is 23.7 Å². The number of hydrogen-bond donors (Lipinski definition) is 1. The van der Waals surface area contributed by atoms with Crippen molar-refractivity contribution in [3.63, 3.8) is 0 Å². The highest BCUT2D eigenvalue weighted by atomic mass is 35.5. The van der Waals surface area contributed by atoms with Gasteiger partial charge in [0.15, 0.2) is 0 Å². The summed E-state index contributed by atoms with van der Waals surface area (Å²) in [5.41, 5.74) is 4.89. The monoisotopic (exact) mass is 620 g/mol. The molecule has 2 amide bonds. The lowest BCUT2D eigenvalue weighted by Gasteiger charge is -2.40. The second kappa shape index (κ2) is 13.1. The summed E-state index contributed by atoms with van der Waals surface area (Å²) >= 11 is 6.66. The van der Waals surface area contributed by atoms with E-state index < -0.39 is 11.6 Å². The number of ether oxygens (including phenoxy) is 2. The number of benzene rings is 1. The fraction of sp³-hybridized carbons (Fsp3) is 0.455. The van der Waals surface area contributed by atoms with Crippen molar-refractivity contribution in [2.75, 3.05) is 32.8 Å². The van der Waals surface area contributed by atoms with Crippen LogP contribution < -0.4 is 5.32 Å². The van der Waals surface area contributed by atoms with E-state index in [0.29, 0.717) is 31.2 Å². The van der Waals surface area contributed by atoms with E-state index in [2.05, 4.69) is 21.3 Å². The van der Waals surface area contributed by atoms with Gasteiger partial charge in [-0.15, -0.1) is 0 Å². The van der Waals surface area contributed by atoms with Gasteiger partial charge in [0, 0.05) is 44.4 Å². The van der Waals surface area contributed by atoms with Crippen LogP contribution in [0.4, 0.5) is 4.79 Å². The molecule has 10 nitrogen and oxygen atoms in total. The first-order valence-electron chi connectivity index (χ1n) is 15.0. The molecule has 2 aliphatic rings. The predicted molar refractivity (Wildman–Crippen MR) is 170 cm³/mol. The third kappa shape index (κ3) is 7.14. The number of aryl methyl sites for hydroxylation is 1. The minimum atomic E-state index is -0.556. The first-order chi connectivity index (χ1) is 20.9. The minimum Gasteiger partial charge on any atom is -0.444 e. The molecule has 1 fully saturated rings. The van der Waals surface area contributed by atoms with Crippen LogP contribution in [0, 0.1) is 0 Å². The molecule has 1 aliphatic heterocycles. The van der Waals surface area contributed by atoms with Gasteiger partial charge in [-0.25, -0.2) is 9.78 Å². The van der Waals surface area contributed by atoms with Gasteiger partial charge in [-0.05, 0) is 81.2 Å². The Kier molecular flexibility index (Phi) is 9.43. The van der Waals surface area contributed by atoms with Crippen molar-refractivity contribution in [1.82, 2.24) is 29.7 Å². The number of carbonyl (C=O) groups is 2. The van der Waals surface area contributed by atoms with Crippen molar-refractivity contribution in [3.05, 3.63) is 82.2 Å². The summed E-state index contributed by atoms with van der Waals surface area (Å²) in [6.45, 7) is 11.7. The predicted octanol–water partition coefficient (Wildman–Crippen LogP) is 5.25. The van der Waals surface area contributed by atoms with E-state index >= 15 is 0 Å². The maximum Gasteiger partial charge on any atom is 0.410 e. The van der Waals surface area contributed by atoms with Crippen LogP contribution in [0.25, 0.3) is 11.6 Å². The van der Waals surface area contributed by atoms with Gasteiger partial charge in [0.05, 0.1) is 42.1 Å². The van der Waals surface area contributed by atoms with Crippen LogP contribution >= 0.6 is 11.6 Å². The summed E-state index contributed by atoms with van der Waals surface area (Å²) in [7, 11) is 1.91. The first-order valence-corrected chi connectivity index (χ1v) is 15.3. The summed E-state index contributed by atoms with van der Waals surface area (Å²) in [5.74, 6) is -0.236. The maximum atomic E-state index is 13.2. The average molecular weight is 621 g/mol. The van der Waals surface area contributed by atoms with Gasteiger partial charge in [-0.3, -0.25) is 14.7 Å². The van der Waals surface area contributed by atoms with Crippen LogP contribution in [0.1, 0.15) is 74.8 Å². The van der Waals surface area contributed by atoms with Gasteiger partial charge < -0.3 is 24.3 Å². The highest BCUT2D eigenvalue weighted by Crippen LogP contribution is 2.44. The molecule has 2 unspecified atom stereocenters. The molecule has 11 heteroatoms. The smallest absolute Gasteiger partial charge is 0.410 e. The Morgan fingerprint density at radius 3 is 2.55 bits per heavy atom. The number of aromatic nitrogens is 3. The lowest BCUT2D eigenvalue weighted by molar-refractivity contribution is -0.127. The quantitative estimate of drug-likeness (QED) is 0.385. The van der Waals surface area contributed by atoms with E-state index in [9.17, 15) is 9.59 Å². The maximum absolute atomic E-state index is 13.2. The third-order valence-electron chi connectivity index (χ3n) is 7.71. The number of piperazine rings is 1. The molecule has 2 aromatic heterocycles. The van der Waals surface area contributed by atoms with Gasteiger partial charge in [-0.2, -0.15) is 0 Å². The van der Waals surface area contributed by atoms with Gasteiger partial charge in [0.2, 0.25) is 5.91 Å². The topological polar surface area (TPSA) is 102 Å². The molecule has 5 rings (SSSR count). The number of imidazole rings is 1. The molecule has 3 heterocycles. The summed E-state index contributed by atoms with van der Waals surface area (Å²) in [4.78, 5) is 39.4. The molecule has 3 aromatic rings. The van der Waals surface area contributed by atoms with Crippen LogP contribution in [0.3, 0.4) is 0 Å². The molecule has 0 saturated carbocycles. The Bertz CT molecular complexity index is 1540. The highest BCUT2D eigenvalue weighted by Gasteiger charge is 2.36. The van der Waals surface area contributed by atoms with E-state index in [4.69, 9.17) is 26.1 Å². The Labute approximate surface area is 264 Å². The van der Waals surface area contributed by atoms with Crippen molar-refractivity contribution in [3.8, 4) is 0 Å². The molecule has 234 valence electrons. The fourth-order valence-electron chi connectivity index (χ4n) is 5.69. The Morgan fingerprint density at radius 1 is 1.14 bits per heavy atom. The second-order valence-electron chi connectivity index (χ2n) is 12.5. The first kappa shape index (κ1) is 31.7. The Balaban J connectivity index is 1.56. The molecule has 1 N–H and O–H groups in total. The van der Waals surface area contributed by atoms with Crippen molar-refractivity contribution in [2.24, 2.45) is 7.05 Å². The molecule has 1 aromatic carbocycles. The van der Waals surface area contributed by atoms with Crippen molar-refractivity contribution in [1.29, 1.82) is 0 Å². The van der Waals surface area contributed by atoms with Crippen LogP contribution in [0.5, 0.6) is 0 Å². The van der Waals surface area contributed by atoms with Crippen LogP contribution in [0.15, 0.2) is 49.1 Å². The molecule has 0 bridgehead atoms. The molecular formula is C33H41ClN6O4. The van der Waals surface area contributed by atoms with E-state index in [0.717, 1.165) is 33.7 Å². The normalized spacial score (nSPS) is 17.8. The van der Waals surface area contributed by atoms with E-state index in [1.54, 1.807) is 23.6 Å². The largest absolute Gasteiger partial charge is 0.444 e. The zero-order valence-corrected chi connectivity index (χ0v) is 27.0. The molecular weight excluding hydrogens is 580 g/mol. The zero-order chi connectivity index (χ0) is 31.6. The van der Waals surface area contributed by atoms with Crippen molar-refractivity contribution < 1.29 is 19.1 Å². The Hall–Kier alpha value is -3.73. The second-order valence-corrected chi connectivity index (χ2v) is 12.9. The zero-order valence-electron chi connectivity index (χ0n) is 26.2. The number of fused-ring (bicyclic) bond motifs is 2. The molecule has 1 aliphatic carbocycles. The van der Waals surface area contributed by atoms with E-state index in [-0.39, 0.29) is 30.8 Å². The number of nitrogens with zero attached hydrogens (tertiary/aromatic N) is 5. The number of amides is 2. The minimum absolute atomic E-state index is 0.0651. The Morgan fingerprint density at radius 2 is 1.89 bits per heavy atom. The summed E-state index contributed by atoms with van der Waals surface area (Å²) < 4.78 is 13.2. The number of hydrogen-bond acceptors (Lipinski definition) is 7. The van der Waals surface area contributed by atoms with Gasteiger partial charge >= 0.3 is 6.09 Å². The number of carbonyl (C=O) groups excluding carboxylic acids is 2. The van der Waals surface area contributed by atoms with E-state index in [1.165, 1.54) is 0 Å². The summed E-state index contributed by atoms with van der Waals surface area (Å²) in [6.07, 6.45) is 7.00. The average Bonchev–Trinajstić information content (AvgIpc) is 3.34. The fourth-order valence-corrected chi connectivity index (χ4v) is 5.86. The van der Waals surface area contributed by atoms with Crippen LogP contribution in [0.2, 0.25) is 5.02 Å². The number of nitrogens with one attached hydrogen (secondary N) is 1. The number of pyridine rings is 1. The van der Waals surface area contributed by atoms with E-state index in [1.807, 2.05) is 76.6 Å². The molecule has 2 atom stereocenters.